The van der Waals surface area contributed by atoms with E-state index in [1.54, 1.807) is 4.90 Å². The zero-order chi connectivity index (χ0) is 17.6. The third-order valence-electron chi connectivity index (χ3n) is 4.57. The van der Waals surface area contributed by atoms with E-state index in [9.17, 15) is 9.59 Å². The predicted octanol–water partition coefficient (Wildman–Crippen LogP) is 2.64. The number of hydrogen-bond donors (Lipinski definition) is 1. The zero-order valence-corrected chi connectivity index (χ0v) is 14.1. The van der Waals surface area contributed by atoms with E-state index in [-0.39, 0.29) is 17.2 Å². The molecular formula is C19H18N4O2. The number of H-pyrrole nitrogens is 1. The second-order valence-corrected chi connectivity index (χ2v) is 6.59. The molecule has 0 spiro atoms. The van der Waals surface area contributed by atoms with Crippen molar-refractivity contribution in [3.05, 3.63) is 63.6 Å². The molecule has 1 aliphatic heterocycles. The molecule has 6 heteroatoms. The summed E-state index contributed by atoms with van der Waals surface area (Å²) >= 11 is 0. The van der Waals surface area contributed by atoms with Crippen molar-refractivity contribution < 1.29 is 4.79 Å². The highest BCUT2D eigenvalue weighted by molar-refractivity contribution is 6.06. The van der Waals surface area contributed by atoms with Crippen LogP contribution in [0.2, 0.25) is 0 Å². The fraction of sp³-hybridized carbons (Fsp3) is 0.263. The van der Waals surface area contributed by atoms with E-state index in [1.807, 2.05) is 6.07 Å². The molecule has 0 atom stereocenters. The Kier molecular flexibility index (Phi) is 3.60. The molecule has 126 valence electrons. The standard InChI is InChI=1S/C19H18N4O2/c1-11(2)12-3-4-15-14(9-12)10-13-7-8-23(18(13)20-15)19(25)16-5-6-17(24)22-21-16/h3-6,9-11H,7-8H2,1-2H3,(H,22,24). The molecule has 3 aromatic rings. The van der Waals surface area contributed by atoms with Crippen LogP contribution >= 0.6 is 0 Å². The number of anilines is 1. The second-order valence-electron chi connectivity index (χ2n) is 6.59. The number of carbonyl (C=O) groups is 1. The Labute approximate surface area is 144 Å². The number of carbonyl (C=O) groups excluding carboxylic acids is 1. The average Bonchev–Trinajstić information content (AvgIpc) is 3.02. The van der Waals surface area contributed by atoms with Crippen LogP contribution in [0.1, 0.15) is 41.4 Å². The Hall–Kier alpha value is -3.02. The van der Waals surface area contributed by atoms with Gasteiger partial charge in [-0.1, -0.05) is 19.9 Å². The molecule has 0 saturated carbocycles. The van der Waals surface area contributed by atoms with Gasteiger partial charge in [-0.15, -0.1) is 0 Å². The lowest BCUT2D eigenvalue weighted by Gasteiger charge is -2.16. The number of aromatic amines is 1. The van der Waals surface area contributed by atoms with Gasteiger partial charge < -0.3 is 0 Å². The molecule has 0 aliphatic carbocycles. The number of benzene rings is 1. The molecule has 3 heterocycles. The van der Waals surface area contributed by atoms with Crippen molar-refractivity contribution in [3.8, 4) is 0 Å². The first-order valence-electron chi connectivity index (χ1n) is 8.34. The number of fused-ring (bicyclic) bond motifs is 2. The Morgan fingerprint density at radius 2 is 2.04 bits per heavy atom. The fourth-order valence-corrected chi connectivity index (χ4v) is 3.14. The summed E-state index contributed by atoms with van der Waals surface area (Å²) in [4.78, 5) is 30.2. The number of aromatic nitrogens is 3. The largest absolute Gasteiger partial charge is 0.291 e. The van der Waals surface area contributed by atoms with E-state index in [4.69, 9.17) is 4.98 Å². The first-order chi connectivity index (χ1) is 12.0. The molecule has 0 radical (unpaired) electrons. The maximum atomic E-state index is 12.7. The van der Waals surface area contributed by atoms with E-state index in [0.717, 1.165) is 22.9 Å². The van der Waals surface area contributed by atoms with E-state index >= 15 is 0 Å². The van der Waals surface area contributed by atoms with Crippen LogP contribution in [0.3, 0.4) is 0 Å². The Balaban J connectivity index is 1.74. The molecule has 0 bridgehead atoms. The summed E-state index contributed by atoms with van der Waals surface area (Å²) in [5.41, 5.74) is 3.09. The van der Waals surface area contributed by atoms with Crippen LogP contribution in [-0.2, 0) is 6.42 Å². The van der Waals surface area contributed by atoms with Gasteiger partial charge in [0.05, 0.1) is 5.52 Å². The quantitative estimate of drug-likeness (QED) is 0.781. The molecule has 1 aromatic carbocycles. The van der Waals surface area contributed by atoms with Crippen LogP contribution in [0, 0.1) is 0 Å². The SMILES string of the molecule is CC(C)c1ccc2nc3c(cc2c1)CCN3C(=O)c1ccc(=O)[nH]n1. The van der Waals surface area contributed by atoms with Crippen molar-refractivity contribution in [2.45, 2.75) is 26.2 Å². The smallest absolute Gasteiger partial charge is 0.279 e. The van der Waals surface area contributed by atoms with Gasteiger partial charge in [0.15, 0.2) is 0 Å². The van der Waals surface area contributed by atoms with Gasteiger partial charge in [0, 0.05) is 18.0 Å². The molecule has 25 heavy (non-hydrogen) atoms. The molecular weight excluding hydrogens is 316 g/mol. The molecule has 2 aromatic heterocycles. The second kappa shape index (κ2) is 5.81. The highest BCUT2D eigenvalue weighted by Crippen LogP contribution is 2.31. The highest BCUT2D eigenvalue weighted by Gasteiger charge is 2.28. The third-order valence-corrected chi connectivity index (χ3v) is 4.57. The number of nitrogens with one attached hydrogen (secondary N) is 1. The van der Waals surface area contributed by atoms with Crippen molar-refractivity contribution in [1.82, 2.24) is 15.2 Å². The van der Waals surface area contributed by atoms with Gasteiger partial charge in [-0.2, -0.15) is 5.10 Å². The highest BCUT2D eigenvalue weighted by atomic mass is 16.2. The average molecular weight is 334 g/mol. The van der Waals surface area contributed by atoms with Gasteiger partial charge in [-0.05, 0) is 47.7 Å². The fourth-order valence-electron chi connectivity index (χ4n) is 3.14. The predicted molar refractivity (Wildman–Crippen MR) is 96.1 cm³/mol. The first-order valence-corrected chi connectivity index (χ1v) is 8.34. The van der Waals surface area contributed by atoms with Crippen molar-refractivity contribution in [2.75, 3.05) is 11.4 Å². The summed E-state index contributed by atoms with van der Waals surface area (Å²) < 4.78 is 0. The Morgan fingerprint density at radius 1 is 1.20 bits per heavy atom. The topological polar surface area (TPSA) is 79.0 Å². The van der Waals surface area contributed by atoms with Crippen LogP contribution in [0.15, 0.2) is 41.2 Å². The third kappa shape index (κ3) is 2.69. The number of nitrogens with zero attached hydrogens (tertiary/aromatic N) is 3. The Morgan fingerprint density at radius 3 is 2.76 bits per heavy atom. The number of pyridine rings is 1. The molecule has 1 N–H and O–H groups in total. The number of rotatable bonds is 2. The van der Waals surface area contributed by atoms with Crippen LogP contribution in [0.25, 0.3) is 10.9 Å². The maximum absolute atomic E-state index is 12.7. The Bertz CT molecular complexity index is 1020. The van der Waals surface area contributed by atoms with Crippen molar-refractivity contribution in [1.29, 1.82) is 0 Å². The lowest BCUT2D eigenvalue weighted by molar-refractivity contribution is 0.0983. The summed E-state index contributed by atoms with van der Waals surface area (Å²) in [6, 6.07) is 11.1. The van der Waals surface area contributed by atoms with Gasteiger partial charge in [0.2, 0.25) is 0 Å². The normalized spacial score (nSPS) is 13.5. The molecule has 1 amide bonds. The van der Waals surface area contributed by atoms with Gasteiger partial charge in [-0.3, -0.25) is 14.5 Å². The molecule has 0 saturated heterocycles. The summed E-state index contributed by atoms with van der Waals surface area (Å²) in [6.07, 6.45) is 0.763. The van der Waals surface area contributed by atoms with Gasteiger partial charge >= 0.3 is 0 Å². The van der Waals surface area contributed by atoms with E-state index in [1.165, 1.54) is 17.7 Å². The first kappa shape index (κ1) is 15.5. The van der Waals surface area contributed by atoms with E-state index < -0.39 is 0 Å². The molecule has 0 fully saturated rings. The van der Waals surface area contributed by atoms with Crippen LogP contribution < -0.4 is 10.5 Å². The molecule has 0 unspecified atom stereocenters. The molecule has 6 nitrogen and oxygen atoms in total. The van der Waals surface area contributed by atoms with Crippen LogP contribution in [0.4, 0.5) is 5.82 Å². The van der Waals surface area contributed by atoms with E-state index in [0.29, 0.717) is 18.3 Å². The lowest BCUT2D eigenvalue weighted by Crippen LogP contribution is -2.31. The van der Waals surface area contributed by atoms with Crippen LogP contribution in [-0.4, -0.2) is 27.6 Å². The van der Waals surface area contributed by atoms with Gasteiger partial charge in [0.25, 0.3) is 11.5 Å². The summed E-state index contributed by atoms with van der Waals surface area (Å²) in [5.74, 6) is 0.894. The summed E-state index contributed by atoms with van der Waals surface area (Å²) in [7, 11) is 0. The lowest BCUT2D eigenvalue weighted by atomic mass is 10.0. The van der Waals surface area contributed by atoms with Crippen LogP contribution in [0.5, 0.6) is 0 Å². The monoisotopic (exact) mass is 334 g/mol. The van der Waals surface area contributed by atoms with E-state index in [2.05, 4.69) is 42.2 Å². The molecule has 4 rings (SSSR count). The minimum atomic E-state index is -0.330. The number of amides is 1. The van der Waals surface area contributed by atoms with Crippen molar-refractivity contribution in [3.63, 3.8) is 0 Å². The minimum absolute atomic E-state index is 0.213. The number of hydrogen-bond acceptors (Lipinski definition) is 4. The molecule has 1 aliphatic rings. The van der Waals surface area contributed by atoms with Gasteiger partial charge in [-0.25, -0.2) is 10.1 Å². The van der Waals surface area contributed by atoms with Crippen molar-refractivity contribution >= 4 is 22.6 Å². The summed E-state index contributed by atoms with van der Waals surface area (Å²) in [5, 5.41) is 7.23. The van der Waals surface area contributed by atoms with Crippen molar-refractivity contribution in [2.24, 2.45) is 0 Å². The summed E-state index contributed by atoms with van der Waals surface area (Å²) in [6.45, 7) is 4.90. The zero-order valence-electron chi connectivity index (χ0n) is 14.1. The van der Waals surface area contributed by atoms with Gasteiger partial charge in [0.1, 0.15) is 11.5 Å². The maximum Gasteiger partial charge on any atom is 0.279 e. The minimum Gasteiger partial charge on any atom is -0.291 e.